The Balaban J connectivity index is 1.45. The standard InChI is InChI=1S/C17H17N5O/c23-17(13-2-1-5-18-11-13)22-8-3-12(4-9-22)14-10-15-16(21-14)20-7-6-19-15/h1-2,5-7,10-12H,3-4,8-9H2,(H,20,21). The lowest BCUT2D eigenvalue weighted by Crippen LogP contribution is -2.38. The molecule has 23 heavy (non-hydrogen) atoms. The van der Waals surface area contributed by atoms with Gasteiger partial charge < -0.3 is 9.88 Å². The fourth-order valence-electron chi connectivity index (χ4n) is 3.16. The quantitative estimate of drug-likeness (QED) is 0.788. The van der Waals surface area contributed by atoms with Crippen molar-refractivity contribution in [3.05, 3.63) is 54.2 Å². The van der Waals surface area contributed by atoms with Crippen molar-refractivity contribution in [3.63, 3.8) is 0 Å². The smallest absolute Gasteiger partial charge is 0.255 e. The van der Waals surface area contributed by atoms with Gasteiger partial charge in [0.25, 0.3) is 5.91 Å². The van der Waals surface area contributed by atoms with Crippen molar-refractivity contribution in [2.75, 3.05) is 13.1 Å². The fourth-order valence-corrected chi connectivity index (χ4v) is 3.16. The second-order valence-corrected chi connectivity index (χ2v) is 5.82. The Morgan fingerprint density at radius 2 is 2.00 bits per heavy atom. The van der Waals surface area contributed by atoms with Crippen molar-refractivity contribution in [2.24, 2.45) is 0 Å². The number of aromatic nitrogens is 4. The summed E-state index contributed by atoms with van der Waals surface area (Å²) in [5, 5.41) is 0. The molecule has 0 saturated carbocycles. The average Bonchev–Trinajstić information content (AvgIpc) is 3.06. The number of carbonyl (C=O) groups is 1. The van der Waals surface area contributed by atoms with E-state index in [1.165, 1.54) is 5.69 Å². The third kappa shape index (κ3) is 2.67. The van der Waals surface area contributed by atoms with E-state index in [9.17, 15) is 4.79 Å². The minimum absolute atomic E-state index is 0.0662. The summed E-state index contributed by atoms with van der Waals surface area (Å²) in [5.41, 5.74) is 3.55. The van der Waals surface area contributed by atoms with E-state index < -0.39 is 0 Å². The lowest BCUT2D eigenvalue weighted by atomic mass is 9.93. The van der Waals surface area contributed by atoms with Gasteiger partial charge in [0.1, 0.15) is 5.52 Å². The van der Waals surface area contributed by atoms with Crippen LogP contribution in [0.3, 0.4) is 0 Å². The zero-order valence-corrected chi connectivity index (χ0v) is 12.6. The molecule has 3 aromatic heterocycles. The van der Waals surface area contributed by atoms with Crippen molar-refractivity contribution >= 4 is 17.1 Å². The summed E-state index contributed by atoms with van der Waals surface area (Å²) in [6.07, 6.45) is 8.59. The molecule has 0 atom stereocenters. The summed E-state index contributed by atoms with van der Waals surface area (Å²) in [5.74, 6) is 0.487. The van der Waals surface area contributed by atoms with E-state index in [2.05, 4.69) is 26.0 Å². The Hall–Kier alpha value is -2.76. The molecule has 1 aliphatic rings. The average molecular weight is 307 g/mol. The Kier molecular flexibility index (Phi) is 3.49. The molecule has 0 aliphatic carbocycles. The van der Waals surface area contributed by atoms with Gasteiger partial charge in [-0.1, -0.05) is 0 Å². The molecule has 0 radical (unpaired) electrons. The minimum atomic E-state index is 0.0662. The Morgan fingerprint density at radius 3 is 2.74 bits per heavy atom. The number of hydrogen-bond donors (Lipinski definition) is 1. The molecule has 6 heteroatoms. The summed E-state index contributed by atoms with van der Waals surface area (Å²) >= 11 is 0. The number of carbonyl (C=O) groups excluding carboxylic acids is 1. The minimum Gasteiger partial charge on any atom is -0.342 e. The third-order valence-electron chi connectivity index (χ3n) is 4.41. The molecule has 4 rings (SSSR count). The molecule has 1 N–H and O–H groups in total. The Morgan fingerprint density at radius 1 is 1.17 bits per heavy atom. The van der Waals surface area contributed by atoms with Crippen molar-refractivity contribution in [1.29, 1.82) is 0 Å². The molecular formula is C17H17N5O. The van der Waals surface area contributed by atoms with Gasteiger partial charge in [0.05, 0.1) is 5.56 Å². The van der Waals surface area contributed by atoms with E-state index in [1.807, 2.05) is 11.0 Å². The zero-order valence-electron chi connectivity index (χ0n) is 12.6. The molecule has 1 aliphatic heterocycles. The summed E-state index contributed by atoms with van der Waals surface area (Å²) in [6.45, 7) is 1.52. The highest BCUT2D eigenvalue weighted by Crippen LogP contribution is 2.29. The first-order valence-corrected chi connectivity index (χ1v) is 7.80. The van der Waals surface area contributed by atoms with Gasteiger partial charge in [-0.3, -0.25) is 14.8 Å². The number of aromatic amines is 1. The number of nitrogens with one attached hydrogen (secondary N) is 1. The maximum absolute atomic E-state index is 12.4. The van der Waals surface area contributed by atoms with E-state index in [0.717, 1.165) is 37.1 Å². The van der Waals surface area contributed by atoms with Gasteiger partial charge in [0.2, 0.25) is 0 Å². The first-order chi connectivity index (χ1) is 11.3. The second-order valence-electron chi connectivity index (χ2n) is 5.82. The molecule has 0 bridgehead atoms. The van der Waals surface area contributed by atoms with Gasteiger partial charge in [-0.2, -0.15) is 0 Å². The van der Waals surface area contributed by atoms with Gasteiger partial charge in [-0.05, 0) is 31.0 Å². The van der Waals surface area contributed by atoms with Gasteiger partial charge in [0.15, 0.2) is 5.65 Å². The van der Waals surface area contributed by atoms with Crippen LogP contribution in [0.4, 0.5) is 0 Å². The van der Waals surface area contributed by atoms with Crippen LogP contribution in [0, 0.1) is 0 Å². The Labute approximate surface area is 133 Å². The van der Waals surface area contributed by atoms with Crippen LogP contribution in [0.5, 0.6) is 0 Å². The number of H-pyrrole nitrogens is 1. The van der Waals surface area contributed by atoms with E-state index in [-0.39, 0.29) is 5.91 Å². The molecule has 1 fully saturated rings. The number of piperidine rings is 1. The summed E-state index contributed by atoms with van der Waals surface area (Å²) in [6, 6.07) is 5.69. The van der Waals surface area contributed by atoms with E-state index in [4.69, 9.17) is 0 Å². The highest BCUT2D eigenvalue weighted by atomic mass is 16.2. The van der Waals surface area contributed by atoms with Crippen molar-refractivity contribution in [1.82, 2.24) is 24.8 Å². The summed E-state index contributed by atoms with van der Waals surface area (Å²) < 4.78 is 0. The number of amides is 1. The monoisotopic (exact) mass is 307 g/mol. The van der Waals surface area contributed by atoms with Crippen LogP contribution in [-0.4, -0.2) is 43.8 Å². The third-order valence-corrected chi connectivity index (χ3v) is 4.41. The van der Waals surface area contributed by atoms with Gasteiger partial charge in [0, 0.05) is 49.5 Å². The molecular weight excluding hydrogens is 290 g/mol. The first kappa shape index (κ1) is 13.9. The molecule has 116 valence electrons. The second kappa shape index (κ2) is 5.79. The molecule has 0 unspecified atom stereocenters. The highest BCUT2D eigenvalue weighted by Gasteiger charge is 2.25. The molecule has 0 aromatic carbocycles. The predicted molar refractivity (Wildman–Crippen MR) is 86.0 cm³/mol. The fraction of sp³-hybridized carbons (Fsp3) is 0.294. The normalized spacial score (nSPS) is 15.9. The number of hydrogen-bond acceptors (Lipinski definition) is 4. The van der Waals surface area contributed by atoms with Crippen LogP contribution >= 0.6 is 0 Å². The largest absolute Gasteiger partial charge is 0.342 e. The predicted octanol–water partition coefficient (Wildman–Crippen LogP) is 2.37. The number of rotatable bonds is 2. The van der Waals surface area contributed by atoms with Crippen LogP contribution < -0.4 is 0 Å². The topological polar surface area (TPSA) is 74.8 Å². The molecule has 1 saturated heterocycles. The maximum atomic E-state index is 12.4. The maximum Gasteiger partial charge on any atom is 0.255 e. The number of likely N-dealkylation sites (tertiary alicyclic amines) is 1. The van der Waals surface area contributed by atoms with Crippen LogP contribution in [-0.2, 0) is 0 Å². The summed E-state index contributed by atoms with van der Waals surface area (Å²) in [7, 11) is 0. The lowest BCUT2D eigenvalue weighted by molar-refractivity contribution is 0.0712. The van der Waals surface area contributed by atoms with E-state index in [0.29, 0.717) is 11.5 Å². The van der Waals surface area contributed by atoms with Crippen LogP contribution in [0.1, 0.15) is 34.8 Å². The molecule has 1 amide bonds. The number of fused-ring (bicyclic) bond motifs is 1. The van der Waals surface area contributed by atoms with Crippen LogP contribution in [0.15, 0.2) is 43.0 Å². The van der Waals surface area contributed by atoms with Crippen molar-refractivity contribution < 1.29 is 4.79 Å². The molecule has 3 aromatic rings. The lowest BCUT2D eigenvalue weighted by Gasteiger charge is -2.31. The molecule has 6 nitrogen and oxygen atoms in total. The van der Waals surface area contributed by atoms with Crippen molar-refractivity contribution in [2.45, 2.75) is 18.8 Å². The number of pyridine rings is 1. The van der Waals surface area contributed by atoms with Crippen molar-refractivity contribution in [3.8, 4) is 0 Å². The van der Waals surface area contributed by atoms with Gasteiger partial charge in [-0.15, -0.1) is 0 Å². The van der Waals surface area contributed by atoms with Gasteiger partial charge >= 0.3 is 0 Å². The number of nitrogens with zero attached hydrogens (tertiary/aromatic N) is 4. The summed E-state index contributed by atoms with van der Waals surface area (Å²) in [4.78, 5) is 30.3. The molecule has 4 heterocycles. The van der Waals surface area contributed by atoms with Crippen LogP contribution in [0.2, 0.25) is 0 Å². The first-order valence-electron chi connectivity index (χ1n) is 7.80. The van der Waals surface area contributed by atoms with E-state index >= 15 is 0 Å². The Bertz CT molecular complexity index is 788. The zero-order chi connectivity index (χ0) is 15.6. The van der Waals surface area contributed by atoms with Crippen LogP contribution in [0.25, 0.3) is 11.2 Å². The molecule has 0 spiro atoms. The van der Waals surface area contributed by atoms with Gasteiger partial charge in [-0.25, -0.2) is 4.98 Å². The highest BCUT2D eigenvalue weighted by molar-refractivity contribution is 5.93. The van der Waals surface area contributed by atoms with E-state index in [1.54, 1.807) is 30.9 Å². The SMILES string of the molecule is O=C(c1cccnc1)N1CCC(c2cc3nccnc3[nH]2)CC1.